The van der Waals surface area contributed by atoms with Crippen LogP contribution in [-0.2, 0) is 9.53 Å². The van der Waals surface area contributed by atoms with E-state index in [9.17, 15) is 9.59 Å². The van der Waals surface area contributed by atoms with E-state index in [1.54, 1.807) is 24.3 Å². The largest absolute Gasteiger partial charge is 0.372 e. The zero-order valence-electron chi connectivity index (χ0n) is 10.4. The second kappa shape index (κ2) is 7.29. The molecule has 1 rings (SSSR count). The molecule has 0 aromatic heterocycles. The first-order chi connectivity index (χ1) is 8.65. The van der Waals surface area contributed by atoms with Crippen LogP contribution in [-0.4, -0.2) is 32.2 Å². The summed E-state index contributed by atoms with van der Waals surface area (Å²) in [4.78, 5) is 22.4. The lowest BCUT2D eigenvalue weighted by Crippen LogP contribution is -2.24. The van der Waals surface area contributed by atoms with E-state index in [0.29, 0.717) is 18.0 Å². The molecule has 6 heteroatoms. The molecule has 6 nitrogen and oxygen atoms in total. The molecule has 0 radical (unpaired) electrons. The van der Waals surface area contributed by atoms with Crippen molar-refractivity contribution in [1.82, 2.24) is 5.32 Å². The van der Waals surface area contributed by atoms with Gasteiger partial charge in [0.2, 0.25) is 5.91 Å². The monoisotopic (exact) mass is 251 g/mol. The number of carbonyl (C=O) groups excluding carboxylic acids is 2. The molecule has 0 saturated heterocycles. The van der Waals surface area contributed by atoms with E-state index in [1.807, 2.05) is 6.92 Å². The smallest absolute Gasteiger partial charge is 0.318 e. The predicted octanol–water partition coefficient (Wildman–Crippen LogP) is 1.41. The highest BCUT2D eigenvalue weighted by atomic mass is 16.5. The van der Waals surface area contributed by atoms with Crippen LogP contribution in [0.4, 0.5) is 16.2 Å². The lowest BCUT2D eigenvalue weighted by molar-refractivity contribution is -0.120. The average Bonchev–Trinajstić information content (AvgIpc) is 2.38. The number of hydrogen-bond donors (Lipinski definition) is 3. The van der Waals surface area contributed by atoms with Gasteiger partial charge in [-0.2, -0.15) is 0 Å². The molecule has 0 spiro atoms. The summed E-state index contributed by atoms with van der Waals surface area (Å²) in [6.45, 7) is 2.36. The fourth-order valence-corrected chi connectivity index (χ4v) is 1.22. The summed E-state index contributed by atoms with van der Waals surface area (Å²) >= 11 is 0. The molecule has 18 heavy (non-hydrogen) atoms. The van der Waals surface area contributed by atoms with Crippen LogP contribution in [0.3, 0.4) is 0 Å². The van der Waals surface area contributed by atoms with Crippen molar-refractivity contribution >= 4 is 23.3 Å². The van der Waals surface area contributed by atoms with Gasteiger partial charge in [0.05, 0.1) is 0 Å². The summed E-state index contributed by atoms with van der Waals surface area (Å²) in [7, 11) is 1.54. The van der Waals surface area contributed by atoms with E-state index in [1.165, 1.54) is 7.05 Å². The summed E-state index contributed by atoms with van der Waals surface area (Å²) in [6, 6.07) is 6.52. The Labute approximate surface area is 106 Å². The third-order valence-corrected chi connectivity index (χ3v) is 2.09. The standard InChI is InChI=1S/C12H17N3O3/c1-3-18-8-11(16)14-9-4-6-10(7-5-9)15-12(17)13-2/h4-7H,3,8H2,1-2H3,(H,14,16)(H2,13,15,17). The van der Waals surface area contributed by atoms with Crippen LogP contribution in [0.1, 0.15) is 6.92 Å². The molecule has 0 atom stereocenters. The fraction of sp³-hybridized carbons (Fsp3) is 0.333. The Bertz CT molecular complexity index is 404. The van der Waals surface area contributed by atoms with Crippen molar-refractivity contribution in [2.24, 2.45) is 0 Å². The van der Waals surface area contributed by atoms with Crippen molar-refractivity contribution in [1.29, 1.82) is 0 Å². The Morgan fingerprint density at radius 2 is 1.67 bits per heavy atom. The summed E-state index contributed by atoms with van der Waals surface area (Å²) in [5, 5.41) is 7.75. The number of benzene rings is 1. The SMILES string of the molecule is CCOCC(=O)Nc1ccc(NC(=O)NC)cc1. The lowest BCUT2D eigenvalue weighted by atomic mass is 10.3. The second-order valence-corrected chi connectivity index (χ2v) is 3.47. The van der Waals surface area contributed by atoms with Crippen molar-refractivity contribution in [2.45, 2.75) is 6.92 Å². The Hall–Kier alpha value is -2.08. The van der Waals surface area contributed by atoms with E-state index >= 15 is 0 Å². The van der Waals surface area contributed by atoms with Crippen LogP contribution in [0, 0.1) is 0 Å². The van der Waals surface area contributed by atoms with Gasteiger partial charge in [-0.15, -0.1) is 0 Å². The van der Waals surface area contributed by atoms with Gasteiger partial charge < -0.3 is 20.7 Å². The molecule has 0 bridgehead atoms. The molecule has 0 saturated carbocycles. The first-order valence-corrected chi connectivity index (χ1v) is 5.62. The highest BCUT2D eigenvalue weighted by Crippen LogP contribution is 2.13. The van der Waals surface area contributed by atoms with Crippen molar-refractivity contribution in [3.63, 3.8) is 0 Å². The van der Waals surface area contributed by atoms with Crippen LogP contribution in [0.5, 0.6) is 0 Å². The zero-order chi connectivity index (χ0) is 13.4. The number of hydrogen-bond acceptors (Lipinski definition) is 3. The molecule has 0 aliphatic rings. The van der Waals surface area contributed by atoms with Crippen LogP contribution in [0.2, 0.25) is 0 Å². The first-order valence-electron chi connectivity index (χ1n) is 5.62. The number of carbonyl (C=O) groups is 2. The minimum atomic E-state index is -0.289. The second-order valence-electron chi connectivity index (χ2n) is 3.47. The molecular weight excluding hydrogens is 234 g/mol. The molecule has 98 valence electrons. The molecule has 1 aromatic rings. The summed E-state index contributed by atoms with van der Waals surface area (Å²) < 4.78 is 4.98. The van der Waals surface area contributed by atoms with Crippen molar-refractivity contribution in [3.8, 4) is 0 Å². The third kappa shape index (κ3) is 4.84. The van der Waals surface area contributed by atoms with Gasteiger partial charge in [0.1, 0.15) is 6.61 Å². The van der Waals surface area contributed by atoms with E-state index < -0.39 is 0 Å². The number of rotatable bonds is 5. The molecule has 3 N–H and O–H groups in total. The maximum absolute atomic E-state index is 11.4. The Balaban J connectivity index is 2.49. The molecule has 0 unspecified atom stereocenters. The quantitative estimate of drug-likeness (QED) is 0.740. The molecule has 0 heterocycles. The molecule has 0 aliphatic heterocycles. The van der Waals surface area contributed by atoms with Gasteiger partial charge in [-0.25, -0.2) is 4.79 Å². The number of urea groups is 1. The Kier molecular flexibility index (Phi) is 5.66. The van der Waals surface area contributed by atoms with E-state index in [-0.39, 0.29) is 18.5 Å². The van der Waals surface area contributed by atoms with E-state index in [4.69, 9.17) is 4.74 Å². The maximum Gasteiger partial charge on any atom is 0.318 e. The van der Waals surface area contributed by atoms with Crippen molar-refractivity contribution in [2.75, 3.05) is 30.9 Å². The summed E-state index contributed by atoms with van der Waals surface area (Å²) in [5.74, 6) is -0.205. The Morgan fingerprint density at radius 1 is 1.11 bits per heavy atom. The van der Waals surface area contributed by atoms with Gasteiger partial charge in [-0.05, 0) is 31.2 Å². The lowest BCUT2D eigenvalue weighted by Gasteiger charge is -2.07. The van der Waals surface area contributed by atoms with Crippen molar-refractivity contribution < 1.29 is 14.3 Å². The highest BCUT2D eigenvalue weighted by molar-refractivity contribution is 5.92. The van der Waals surface area contributed by atoms with Gasteiger partial charge in [0.25, 0.3) is 0 Å². The highest BCUT2D eigenvalue weighted by Gasteiger charge is 2.02. The number of ether oxygens (including phenoxy) is 1. The molecule has 0 aliphatic carbocycles. The number of amides is 3. The molecule has 3 amide bonds. The van der Waals surface area contributed by atoms with Crippen LogP contribution >= 0.6 is 0 Å². The molecular formula is C12H17N3O3. The van der Waals surface area contributed by atoms with E-state index in [0.717, 1.165) is 0 Å². The predicted molar refractivity (Wildman–Crippen MR) is 69.6 cm³/mol. The van der Waals surface area contributed by atoms with Crippen LogP contribution in [0.15, 0.2) is 24.3 Å². The number of anilines is 2. The van der Waals surface area contributed by atoms with Gasteiger partial charge in [-0.1, -0.05) is 0 Å². The minimum Gasteiger partial charge on any atom is -0.372 e. The van der Waals surface area contributed by atoms with Gasteiger partial charge in [0.15, 0.2) is 0 Å². The number of nitrogens with one attached hydrogen (secondary N) is 3. The van der Waals surface area contributed by atoms with E-state index in [2.05, 4.69) is 16.0 Å². The molecule has 0 fully saturated rings. The van der Waals surface area contributed by atoms with Crippen LogP contribution < -0.4 is 16.0 Å². The Morgan fingerprint density at radius 3 is 2.17 bits per heavy atom. The minimum absolute atomic E-state index is 0.0365. The molecule has 1 aromatic carbocycles. The van der Waals surface area contributed by atoms with Crippen LogP contribution in [0.25, 0.3) is 0 Å². The topological polar surface area (TPSA) is 79.5 Å². The normalized spacial score (nSPS) is 9.67. The van der Waals surface area contributed by atoms with Gasteiger partial charge in [0, 0.05) is 25.0 Å². The zero-order valence-corrected chi connectivity index (χ0v) is 10.4. The first kappa shape index (κ1) is 14.0. The summed E-state index contributed by atoms with van der Waals surface area (Å²) in [5.41, 5.74) is 1.30. The van der Waals surface area contributed by atoms with Gasteiger partial charge >= 0.3 is 6.03 Å². The summed E-state index contributed by atoms with van der Waals surface area (Å²) in [6.07, 6.45) is 0. The fourth-order valence-electron chi connectivity index (χ4n) is 1.22. The van der Waals surface area contributed by atoms with Crippen molar-refractivity contribution in [3.05, 3.63) is 24.3 Å². The third-order valence-electron chi connectivity index (χ3n) is 2.09. The maximum atomic E-state index is 11.4. The van der Waals surface area contributed by atoms with Gasteiger partial charge in [-0.3, -0.25) is 4.79 Å². The average molecular weight is 251 g/mol.